The molecule has 0 aliphatic carbocycles. The molecule has 0 aliphatic heterocycles. The van der Waals surface area contributed by atoms with Crippen LogP contribution in [0, 0.1) is 18.3 Å². The molecule has 0 amide bonds. The fourth-order valence-electron chi connectivity index (χ4n) is 1.98. The van der Waals surface area contributed by atoms with E-state index >= 15 is 0 Å². The van der Waals surface area contributed by atoms with Crippen LogP contribution >= 0.6 is 11.3 Å². The Hall–Kier alpha value is -2.38. The highest BCUT2D eigenvalue weighted by Crippen LogP contribution is 2.30. The summed E-state index contributed by atoms with van der Waals surface area (Å²) in [6.45, 7) is 3.71. The van der Waals surface area contributed by atoms with Crippen LogP contribution in [-0.2, 0) is 4.79 Å². The fraction of sp³-hybridized carbons (Fsp3) is 0.125. The molecule has 4 heteroatoms. The van der Waals surface area contributed by atoms with E-state index in [9.17, 15) is 4.79 Å². The minimum atomic E-state index is -1.19. The van der Waals surface area contributed by atoms with E-state index in [-0.39, 0.29) is 5.57 Å². The molecule has 1 heterocycles. The van der Waals surface area contributed by atoms with Crippen LogP contribution < -0.4 is 0 Å². The standard InChI is InChI=1S/C16H13NO2S/c1-10-7-8-20-15(10)13-5-3-12(4-6-13)11(2)14(9-17)16(18)19/h3-8H,1-2H3,(H,18,19). The molecule has 0 fully saturated rings. The molecule has 0 aliphatic rings. The number of rotatable bonds is 3. The van der Waals surface area contributed by atoms with Gasteiger partial charge >= 0.3 is 5.97 Å². The van der Waals surface area contributed by atoms with Crippen molar-refractivity contribution in [2.24, 2.45) is 0 Å². The number of aliphatic carboxylic acids is 1. The van der Waals surface area contributed by atoms with E-state index in [4.69, 9.17) is 10.4 Å². The highest BCUT2D eigenvalue weighted by atomic mass is 32.1. The summed E-state index contributed by atoms with van der Waals surface area (Å²) in [7, 11) is 0. The number of carboxylic acids is 1. The van der Waals surface area contributed by atoms with E-state index in [0.717, 1.165) is 11.1 Å². The largest absolute Gasteiger partial charge is 0.477 e. The third-order valence-electron chi connectivity index (χ3n) is 3.14. The smallest absolute Gasteiger partial charge is 0.346 e. The summed E-state index contributed by atoms with van der Waals surface area (Å²) in [4.78, 5) is 12.2. The van der Waals surface area contributed by atoms with Crippen molar-refractivity contribution in [3.8, 4) is 16.5 Å². The Bertz CT molecular complexity index is 718. The van der Waals surface area contributed by atoms with E-state index in [1.807, 2.05) is 29.6 Å². The molecule has 1 aromatic carbocycles. The van der Waals surface area contributed by atoms with E-state index in [1.165, 1.54) is 10.4 Å². The van der Waals surface area contributed by atoms with Crippen LogP contribution in [-0.4, -0.2) is 11.1 Å². The van der Waals surface area contributed by atoms with Crippen molar-refractivity contribution in [3.63, 3.8) is 0 Å². The van der Waals surface area contributed by atoms with E-state index in [0.29, 0.717) is 5.57 Å². The van der Waals surface area contributed by atoms with Gasteiger partial charge in [0.05, 0.1) is 0 Å². The predicted molar refractivity (Wildman–Crippen MR) is 80.3 cm³/mol. The lowest BCUT2D eigenvalue weighted by Crippen LogP contribution is -2.00. The second-order valence-corrected chi connectivity index (χ2v) is 5.34. The maximum absolute atomic E-state index is 11.0. The maximum atomic E-state index is 11.0. The lowest BCUT2D eigenvalue weighted by Gasteiger charge is -2.05. The third-order valence-corrected chi connectivity index (χ3v) is 4.21. The van der Waals surface area contributed by atoms with Crippen molar-refractivity contribution in [2.45, 2.75) is 13.8 Å². The SMILES string of the molecule is CC(=C(C#N)C(=O)O)c1ccc(-c2sccc2C)cc1. The number of hydrogen-bond acceptors (Lipinski definition) is 3. The molecular formula is C16H13NO2S. The Morgan fingerprint density at radius 3 is 2.35 bits per heavy atom. The number of carboxylic acid groups (broad SMARTS) is 1. The first-order valence-electron chi connectivity index (χ1n) is 6.03. The molecule has 20 heavy (non-hydrogen) atoms. The average molecular weight is 283 g/mol. The minimum Gasteiger partial charge on any atom is -0.477 e. The fourth-order valence-corrected chi connectivity index (χ4v) is 2.91. The van der Waals surface area contributed by atoms with Crippen LogP contribution in [0.5, 0.6) is 0 Å². The Morgan fingerprint density at radius 2 is 1.90 bits per heavy atom. The molecular weight excluding hydrogens is 270 g/mol. The van der Waals surface area contributed by atoms with Crippen molar-refractivity contribution < 1.29 is 9.90 Å². The van der Waals surface area contributed by atoms with Crippen LogP contribution in [0.2, 0.25) is 0 Å². The molecule has 1 N–H and O–H groups in total. The average Bonchev–Trinajstić information content (AvgIpc) is 2.85. The Balaban J connectivity index is 2.42. The van der Waals surface area contributed by atoms with Gasteiger partial charge in [-0.3, -0.25) is 0 Å². The molecule has 0 radical (unpaired) electrons. The van der Waals surface area contributed by atoms with Crippen LogP contribution in [0.15, 0.2) is 41.3 Å². The molecule has 2 rings (SSSR count). The molecule has 0 saturated heterocycles. The molecule has 100 valence electrons. The van der Waals surface area contributed by atoms with Gasteiger partial charge in [-0.05, 0) is 47.6 Å². The van der Waals surface area contributed by atoms with Gasteiger partial charge in [-0.2, -0.15) is 5.26 Å². The quantitative estimate of drug-likeness (QED) is 0.681. The molecule has 1 aromatic heterocycles. The van der Waals surface area contributed by atoms with Gasteiger partial charge in [0.25, 0.3) is 0 Å². The monoisotopic (exact) mass is 283 g/mol. The van der Waals surface area contributed by atoms with Crippen molar-refractivity contribution in [1.82, 2.24) is 0 Å². The summed E-state index contributed by atoms with van der Waals surface area (Å²) >= 11 is 1.67. The van der Waals surface area contributed by atoms with Gasteiger partial charge in [0.15, 0.2) is 0 Å². The van der Waals surface area contributed by atoms with Crippen LogP contribution in [0.3, 0.4) is 0 Å². The van der Waals surface area contributed by atoms with E-state index in [1.54, 1.807) is 24.3 Å². The molecule has 2 aromatic rings. The maximum Gasteiger partial charge on any atom is 0.346 e. The molecule has 0 saturated carbocycles. The summed E-state index contributed by atoms with van der Waals surface area (Å²) < 4.78 is 0. The second-order valence-electron chi connectivity index (χ2n) is 4.43. The number of aryl methyl sites for hydroxylation is 1. The number of thiophene rings is 1. The van der Waals surface area contributed by atoms with Gasteiger partial charge in [-0.25, -0.2) is 4.79 Å². The lowest BCUT2D eigenvalue weighted by atomic mass is 10.00. The molecule has 0 bridgehead atoms. The second kappa shape index (κ2) is 5.72. The number of nitriles is 1. The zero-order valence-electron chi connectivity index (χ0n) is 11.2. The van der Waals surface area contributed by atoms with Crippen LogP contribution in [0.25, 0.3) is 16.0 Å². The van der Waals surface area contributed by atoms with E-state index < -0.39 is 5.97 Å². The van der Waals surface area contributed by atoms with Gasteiger partial charge in [0.1, 0.15) is 11.6 Å². The zero-order chi connectivity index (χ0) is 14.7. The van der Waals surface area contributed by atoms with Gasteiger partial charge in [0, 0.05) is 4.88 Å². The van der Waals surface area contributed by atoms with E-state index in [2.05, 4.69) is 13.0 Å². The molecule has 0 spiro atoms. The number of carbonyl (C=O) groups is 1. The summed E-state index contributed by atoms with van der Waals surface area (Å²) in [5.74, 6) is -1.19. The summed E-state index contributed by atoms with van der Waals surface area (Å²) in [5, 5.41) is 19.9. The molecule has 3 nitrogen and oxygen atoms in total. The predicted octanol–water partition coefficient (Wildman–Crippen LogP) is 4.11. The summed E-state index contributed by atoms with van der Waals surface area (Å²) in [6.07, 6.45) is 0. The Morgan fingerprint density at radius 1 is 1.25 bits per heavy atom. The zero-order valence-corrected chi connectivity index (χ0v) is 12.0. The van der Waals surface area contributed by atoms with Crippen LogP contribution in [0.1, 0.15) is 18.1 Å². The first kappa shape index (κ1) is 14.0. The lowest BCUT2D eigenvalue weighted by molar-refractivity contribution is -0.132. The minimum absolute atomic E-state index is 0.218. The number of allylic oxidation sites excluding steroid dienone is 1. The van der Waals surface area contributed by atoms with Crippen molar-refractivity contribution in [1.29, 1.82) is 5.26 Å². The van der Waals surface area contributed by atoms with Crippen molar-refractivity contribution >= 4 is 22.9 Å². The van der Waals surface area contributed by atoms with Crippen molar-refractivity contribution in [3.05, 3.63) is 52.4 Å². The number of benzene rings is 1. The summed E-state index contributed by atoms with van der Waals surface area (Å²) in [5.41, 5.74) is 3.34. The van der Waals surface area contributed by atoms with Gasteiger partial charge in [-0.15, -0.1) is 11.3 Å². The van der Waals surface area contributed by atoms with Crippen LogP contribution in [0.4, 0.5) is 0 Å². The number of nitrogens with zero attached hydrogens (tertiary/aromatic N) is 1. The van der Waals surface area contributed by atoms with Gasteiger partial charge in [0.2, 0.25) is 0 Å². The summed E-state index contributed by atoms with van der Waals surface area (Å²) in [6, 6.07) is 11.4. The Labute approximate surface area is 121 Å². The highest BCUT2D eigenvalue weighted by molar-refractivity contribution is 7.13. The Kier molecular flexibility index (Phi) is 4.02. The van der Waals surface area contributed by atoms with Gasteiger partial charge in [-0.1, -0.05) is 24.3 Å². The highest BCUT2D eigenvalue weighted by Gasteiger charge is 2.12. The van der Waals surface area contributed by atoms with Crippen molar-refractivity contribution in [2.75, 3.05) is 0 Å². The van der Waals surface area contributed by atoms with Gasteiger partial charge < -0.3 is 5.11 Å². The first-order valence-corrected chi connectivity index (χ1v) is 6.91. The molecule has 0 unspecified atom stereocenters. The normalized spacial score (nSPS) is 11.7. The number of hydrogen-bond donors (Lipinski definition) is 1. The molecule has 0 atom stereocenters. The topological polar surface area (TPSA) is 61.1 Å². The first-order chi connectivity index (χ1) is 9.54. The third kappa shape index (κ3) is 2.63.